The molecule has 3 N–H and O–H groups in total. The first kappa shape index (κ1) is 14.5. The van der Waals surface area contributed by atoms with E-state index in [9.17, 15) is 4.79 Å². The third-order valence-corrected chi connectivity index (χ3v) is 3.55. The highest BCUT2D eigenvalue weighted by Gasteiger charge is 2.14. The van der Waals surface area contributed by atoms with Gasteiger partial charge in [0, 0.05) is 12.5 Å². The summed E-state index contributed by atoms with van der Waals surface area (Å²) in [6.07, 6.45) is 6.33. The number of nitrogens with two attached hydrogens (primary N) is 1. The molecule has 1 amide bonds. The van der Waals surface area contributed by atoms with Crippen LogP contribution in [0.5, 0.6) is 0 Å². The highest BCUT2D eigenvalue weighted by Crippen LogP contribution is 2.10. The van der Waals surface area contributed by atoms with Crippen molar-refractivity contribution in [3.8, 4) is 0 Å². The summed E-state index contributed by atoms with van der Waals surface area (Å²) < 4.78 is 0. The summed E-state index contributed by atoms with van der Waals surface area (Å²) in [6, 6.07) is 0.667. The highest BCUT2D eigenvalue weighted by atomic mass is 16.1. The molecule has 0 saturated carbocycles. The predicted molar refractivity (Wildman–Crippen MR) is 70.8 cm³/mol. The van der Waals surface area contributed by atoms with E-state index in [-0.39, 0.29) is 5.91 Å². The Balaban J connectivity index is 2.05. The van der Waals surface area contributed by atoms with Crippen molar-refractivity contribution < 1.29 is 4.79 Å². The van der Waals surface area contributed by atoms with Gasteiger partial charge in [-0.15, -0.1) is 0 Å². The average molecular weight is 241 g/mol. The minimum atomic E-state index is -0.182. The van der Waals surface area contributed by atoms with Crippen LogP contribution in [0.25, 0.3) is 0 Å². The molecule has 4 heteroatoms. The molecule has 0 bridgehead atoms. The molecule has 100 valence electrons. The third-order valence-electron chi connectivity index (χ3n) is 3.55. The fourth-order valence-corrected chi connectivity index (χ4v) is 2.41. The van der Waals surface area contributed by atoms with Crippen LogP contribution in [-0.4, -0.2) is 43.0 Å². The molecular weight excluding hydrogens is 214 g/mol. The molecule has 1 aliphatic heterocycles. The smallest absolute Gasteiger partial charge is 0.217 e. The largest absolute Gasteiger partial charge is 0.370 e. The molecule has 0 aromatic heterocycles. The molecule has 4 nitrogen and oxygen atoms in total. The molecule has 1 fully saturated rings. The molecule has 0 radical (unpaired) electrons. The van der Waals surface area contributed by atoms with Gasteiger partial charge in [-0.1, -0.05) is 6.92 Å². The Morgan fingerprint density at radius 1 is 1.35 bits per heavy atom. The van der Waals surface area contributed by atoms with Crippen molar-refractivity contribution in [2.75, 3.05) is 26.2 Å². The summed E-state index contributed by atoms with van der Waals surface area (Å²) in [5.41, 5.74) is 5.10. The normalized spacial score (nSPS) is 22.3. The summed E-state index contributed by atoms with van der Waals surface area (Å²) in [5, 5.41) is 3.60. The van der Waals surface area contributed by atoms with Crippen molar-refractivity contribution in [3.05, 3.63) is 0 Å². The number of hydrogen-bond donors (Lipinski definition) is 2. The van der Waals surface area contributed by atoms with E-state index in [4.69, 9.17) is 5.73 Å². The monoisotopic (exact) mass is 241 g/mol. The third kappa shape index (κ3) is 6.64. The standard InChI is InChI=1S/C13H27N3O/c1-2-16-10-5-6-12(8-11-16)15-9-4-3-7-13(14)17/h12,15H,2-11H2,1H3,(H2,14,17). The molecule has 1 saturated heterocycles. The van der Waals surface area contributed by atoms with E-state index < -0.39 is 0 Å². The first-order chi connectivity index (χ1) is 8.22. The summed E-state index contributed by atoms with van der Waals surface area (Å²) in [7, 11) is 0. The lowest BCUT2D eigenvalue weighted by molar-refractivity contribution is -0.118. The number of primary amides is 1. The second-order valence-electron chi connectivity index (χ2n) is 4.94. The predicted octanol–water partition coefficient (Wildman–Crippen LogP) is 1.11. The number of carbonyl (C=O) groups excluding carboxylic acids is 1. The molecule has 0 aromatic carbocycles. The first-order valence-corrected chi connectivity index (χ1v) is 6.96. The maximum atomic E-state index is 10.6. The molecule has 1 atom stereocenters. The number of unbranched alkanes of at least 4 members (excludes halogenated alkanes) is 1. The van der Waals surface area contributed by atoms with Crippen LogP contribution in [0.4, 0.5) is 0 Å². The minimum Gasteiger partial charge on any atom is -0.370 e. The fourth-order valence-electron chi connectivity index (χ4n) is 2.41. The van der Waals surface area contributed by atoms with Crippen LogP contribution in [0.15, 0.2) is 0 Å². The Bertz CT molecular complexity index is 221. The van der Waals surface area contributed by atoms with E-state index in [1.165, 1.54) is 38.9 Å². The first-order valence-electron chi connectivity index (χ1n) is 6.96. The summed E-state index contributed by atoms with van der Waals surface area (Å²) >= 11 is 0. The Morgan fingerprint density at radius 3 is 2.88 bits per heavy atom. The van der Waals surface area contributed by atoms with Crippen LogP contribution in [0, 0.1) is 0 Å². The number of hydrogen-bond acceptors (Lipinski definition) is 3. The maximum absolute atomic E-state index is 10.6. The molecule has 17 heavy (non-hydrogen) atoms. The van der Waals surface area contributed by atoms with Crippen molar-refractivity contribution in [2.45, 2.75) is 51.5 Å². The van der Waals surface area contributed by atoms with Gasteiger partial charge in [0.05, 0.1) is 0 Å². The van der Waals surface area contributed by atoms with Gasteiger partial charge in [0.1, 0.15) is 0 Å². The highest BCUT2D eigenvalue weighted by molar-refractivity contribution is 5.73. The van der Waals surface area contributed by atoms with E-state index in [2.05, 4.69) is 17.1 Å². The van der Waals surface area contributed by atoms with Crippen molar-refractivity contribution in [1.82, 2.24) is 10.2 Å². The number of nitrogens with zero attached hydrogens (tertiary/aromatic N) is 1. The molecule has 0 aromatic rings. The number of amides is 1. The summed E-state index contributed by atoms with van der Waals surface area (Å²) in [4.78, 5) is 13.1. The van der Waals surface area contributed by atoms with E-state index in [1.807, 2.05) is 0 Å². The maximum Gasteiger partial charge on any atom is 0.217 e. The number of carbonyl (C=O) groups is 1. The Morgan fingerprint density at radius 2 is 2.18 bits per heavy atom. The number of likely N-dealkylation sites (tertiary alicyclic amines) is 1. The van der Waals surface area contributed by atoms with Gasteiger partial charge in [0.25, 0.3) is 0 Å². The lowest BCUT2D eigenvalue weighted by Crippen LogP contribution is -2.31. The molecule has 1 heterocycles. The van der Waals surface area contributed by atoms with Crippen LogP contribution in [0.1, 0.15) is 45.4 Å². The van der Waals surface area contributed by atoms with Crippen LogP contribution in [0.3, 0.4) is 0 Å². The topological polar surface area (TPSA) is 58.4 Å². The Labute approximate surface area is 105 Å². The van der Waals surface area contributed by atoms with Crippen LogP contribution in [0.2, 0.25) is 0 Å². The van der Waals surface area contributed by atoms with Gasteiger partial charge in [-0.05, 0) is 58.3 Å². The Kier molecular flexibility index (Phi) is 7.21. The van der Waals surface area contributed by atoms with E-state index in [0.717, 1.165) is 19.4 Å². The quantitative estimate of drug-likeness (QED) is 0.656. The lowest BCUT2D eigenvalue weighted by atomic mass is 10.1. The second kappa shape index (κ2) is 8.48. The molecule has 0 aliphatic carbocycles. The second-order valence-corrected chi connectivity index (χ2v) is 4.94. The van der Waals surface area contributed by atoms with Gasteiger partial charge in [-0.2, -0.15) is 0 Å². The molecule has 0 spiro atoms. The molecule has 1 unspecified atom stereocenters. The average Bonchev–Trinajstić information content (AvgIpc) is 2.53. The van der Waals surface area contributed by atoms with Crippen molar-refractivity contribution in [1.29, 1.82) is 0 Å². The zero-order valence-electron chi connectivity index (χ0n) is 11.1. The van der Waals surface area contributed by atoms with Crippen molar-refractivity contribution in [2.24, 2.45) is 5.73 Å². The molecule has 1 rings (SSSR count). The Hall–Kier alpha value is -0.610. The summed E-state index contributed by atoms with van der Waals surface area (Å²) in [5.74, 6) is -0.182. The van der Waals surface area contributed by atoms with E-state index in [1.54, 1.807) is 0 Å². The van der Waals surface area contributed by atoms with Gasteiger partial charge in [-0.3, -0.25) is 4.79 Å². The lowest BCUT2D eigenvalue weighted by Gasteiger charge is -2.18. The summed E-state index contributed by atoms with van der Waals surface area (Å²) in [6.45, 7) is 6.89. The zero-order chi connectivity index (χ0) is 12.5. The zero-order valence-corrected chi connectivity index (χ0v) is 11.1. The van der Waals surface area contributed by atoms with Gasteiger partial charge < -0.3 is 16.0 Å². The van der Waals surface area contributed by atoms with Gasteiger partial charge in [0.2, 0.25) is 5.91 Å². The van der Waals surface area contributed by atoms with Gasteiger partial charge >= 0.3 is 0 Å². The van der Waals surface area contributed by atoms with Crippen LogP contribution >= 0.6 is 0 Å². The van der Waals surface area contributed by atoms with Crippen LogP contribution in [-0.2, 0) is 4.79 Å². The SMILES string of the molecule is CCN1CCCC(NCCCCC(N)=O)CC1. The van der Waals surface area contributed by atoms with Crippen molar-refractivity contribution in [3.63, 3.8) is 0 Å². The van der Waals surface area contributed by atoms with Gasteiger partial charge in [0.15, 0.2) is 0 Å². The van der Waals surface area contributed by atoms with Crippen LogP contribution < -0.4 is 11.1 Å². The minimum absolute atomic E-state index is 0.182. The molecule has 1 aliphatic rings. The van der Waals surface area contributed by atoms with E-state index in [0.29, 0.717) is 12.5 Å². The van der Waals surface area contributed by atoms with E-state index >= 15 is 0 Å². The number of rotatable bonds is 7. The molecular formula is C13H27N3O. The van der Waals surface area contributed by atoms with Crippen molar-refractivity contribution >= 4 is 5.91 Å². The number of nitrogens with one attached hydrogen (secondary N) is 1. The van der Waals surface area contributed by atoms with Gasteiger partial charge in [-0.25, -0.2) is 0 Å². The fraction of sp³-hybridized carbons (Fsp3) is 0.923.